The molecule has 30 heavy (non-hydrogen) atoms. The lowest BCUT2D eigenvalue weighted by Gasteiger charge is -2.27. The van der Waals surface area contributed by atoms with E-state index in [9.17, 15) is 19.1 Å². The van der Waals surface area contributed by atoms with Gasteiger partial charge in [-0.2, -0.15) is 0 Å². The van der Waals surface area contributed by atoms with Crippen molar-refractivity contribution in [3.05, 3.63) is 107 Å². The molecular formula is C24H20FNO4. The number of hydrogen-bond donors (Lipinski definition) is 1. The maximum atomic E-state index is 14.7. The molecule has 152 valence electrons. The fourth-order valence-corrected chi connectivity index (χ4v) is 3.72. The van der Waals surface area contributed by atoms with E-state index in [0.717, 1.165) is 5.56 Å². The number of hydrogen-bond acceptors (Lipinski definition) is 4. The number of carbonyl (C=O) groups excluding carboxylic acids is 2. The monoisotopic (exact) mass is 405 g/mol. The zero-order valence-electron chi connectivity index (χ0n) is 16.3. The number of rotatable bonds is 6. The smallest absolute Gasteiger partial charge is 0.290 e. The van der Waals surface area contributed by atoms with Crippen LogP contribution < -0.4 is 0 Å². The zero-order valence-corrected chi connectivity index (χ0v) is 16.3. The number of aryl methyl sites for hydroxylation is 1. The summed E-state index contributed by atoms with van der Waals surface area (Å²) >= 11 is 0. The van der Waals surface area contributed by atoms with Gasteiger partial charge in [0.15, 0.2) is 11.5 Å². The predicted molar refractivity (Wildman–Crippen MR) is 108 cm³/mol. The number of furan rings is 1. The molecule has 1 aromatic heterocycles. The molecule has 0 saturated heterocycles. The lowest BCUT2D eigenvalue weighted by Crippen LogP contribution is -2.33. The van der Waals surface area contributed by atoms with E-state index < -0.39 is 29.3 Å². The Labute approximate surface area is 173 Å². The minimum absolute atomic E-state index is 0.00639. The first-order valence-corrected chi connectivity index (χ1v) is 9.61. The number of benzene rings is 2. The number of aliphatic hydroxyl groups is 1. The van der Waals surface area contributed by atoms with Gasteiger partial charge in [-0.25, -0.2) is 4.39 Å². The maximum Gasteiger partial charge on any atom is 0.290 e. The lowest BCUT2D eigenvalue weighted by atomic mass is 9.94. The molecule has 0 bridgehead atoms. The standard InChI is InChI=1S/C24H20FNO4/c1-15-11-12-19(30-15)22(27)20-21(17-9-5-6-10-18(17)25)26(24(29)23(20)28)14-13-16-7-3-2-4-8-16/h2-12,21,28H,13-14H2,1H3. The van der Waals surface area contributed by atoms with Crippen LogP contribution in [-0.2, 0) is 11.2 Å². The zero-order chi connectivity index (χ0) is 21.3. The van der Waals surface area contributed by atoms with Gasteiger partial charge in [0.2, 0.25) is 5.78 Å². The summed E-state index contributed by atoms with van der Waals surface area (Å²) in [5.41, 5.74) is 0.959. The van der Waals surface area contributed by atoms with Crippen molar-refractivity contribution in [2.45, 2.75) is 19.4 Å². The Morgan fingerprint density at radius 1 is 1.07 bits per heavy atom. The molecule has 0 spiro atoms. The third-order valence-corrected chi connectivity index (χ3v) is 5.20. The second-order valence-electron chi connectivity index (χ2n) is 7.16. The summed E-state index contributed by atoms with van der Waals surface area (Å²) in [5, 5.41) is 10.6. The largest absolute Gasteiger partial charge is 0.503 e. The molecule has 1 amide bonds. The first-order valence-electron chi connectivity index (χ1n) is 9.61. The van der Waals surface area contributed by atoms with Gasteiger partial charge in [0.1, 0.15) is 11.6 Å². The summed E-state index contributed by atoms with van der Waals surface area (Å²) in [4.78, 5) is 27.3. The van der Waals surface area contributed by atoms with Crippen LogP contribution in [-0.4, -0.2) is 28.2 Å². The van der Waals surface area contributed by atoms with Crippen LogP contribution in [0.5, 0.6) is 0 Å². The van der Waals surface area contributed by atoms with Crippen molar-refractivity contribution in [2.24, 2.45) is 0 Å². The number of Topliss-reactive ketones (excluding diaryl/α,β-unsaturated/α-hetero) is 1. The Morgan fingerprint density at radius 2 is 1.77 bits per heavy atom. The van der Waals surface area contributed by atoms with Crippen LogP contribution in [0.4, 0.5) is 4.39 Å². The Bertz CT molecular complexity index is 1130. The number of ketones is 1. The summed E-state index contributed by atoms with van der Waals surface area (Å²) in [6.45, 7) is 1.89. The van der Waals surface area contributed by atoms with Crippen molar-refractivity contribution in [3.63, 3.8) is 0 Å². The van der Waals surface area contributed by atoms with Crippen molar-refractivity contribution in [1.82, 2.24) is 4.90 Å². The summed E-state index contributed by atoms with van der Waals surface area (Å²) in [5.74, 6) is -2.06. The molecule has 0 aliphatic carbocycles. The predicted octanol–water partition coefficient (Wildman–Crippen LogP) is 4.55. The quantitative estimate of drug-likeness (QED) is 0.611. The van der Waals surface area contributed by atoms with E-state index >= 15 is 0 Å². The topological polar surface area (TPSA) is 70.8 Å². The van der Waals surface area contributed by atoms with Crippen molar-refractivity contribution < 1.29 is 23.5 Å². The van der Waals surface area contributed by atoms with Crippen molar-refractivity contribution >= 4 is 11.7 Å². The van der Waals surface area contributed by atoms with Crippen molar-refractivity contribution in [1.29, 1.82) is 0 Å². The molecule has 2 aromatic carbocycles. The van der Waals surface area contributed by atoms with Crippen LogP contribution >= 0.6 is 0 Å². The van der Waals surface area contributed by atoms with Gasteiger partial charge in [0.05, 0.1) is 11.6 Å². The molecule has 0 radical (unpaired) electrons. The van der Waals surface area contributed by atoms with Crippen LogP contribution in [0.3, 0.4) is 0 Å². The SMILES string of the molecule is Cc1ccc(C(=O)C2=C(O)C(=O)N(CCc3ccccc3)C2c2ccccc2F)o1. The van der Waals surface area contributed by atoms with Crippen LogP contribution in [0, 0.1) is 12.7 Å². The minimum Gasteiger partial charge on any atom is -0.503 e. The highest BCUT2D eigenvalue weighted by atomic mass is 19.1. The van der Waals surface area contributed by atoms with E-state index in [1.807, 2.05) is 30.3 Å². The second-order valence-corrected chi connectivity index (χ2v) is 7.16. The highest BCUT2D eigenvalue weighted by molar-refractivity contribution is 6.15. The molecule has 0 saturated carbocycles. The lowest BCUT2D eigenvalue weighted by molar-refractivity contribution is -0.129. The summed E-state index contributed by atoms with van der Waals surface area (Å²) in [6.07, 6.45) is 0.492. The van der Waals surface area contributed by atoms with Crippen LogP contribution in [0.2, 0.25) is 0 Å². The van der Waals surface area contributed by atoms with Crippen molar-refractivity contribution in [2.75, 3.05) is 6.54 Å². The molecule has 1 aliphatic heterocycles. The van der Waals surface area contributed by atoms with E-state index in [0.29, 0.717) is 12.2 Å². The Hall–Kier alpha value is -3.67. The molecular weight excluding hydrogens is 385 g/mol. The number of aliphatic hydroxyl groups excluding tert-OH is 1. The number of halogens is 1. The molecule has 4 rings (SSSR count). The Kier molecular flexibility index (Phi) is 5.23. The first-order chi connectivity index (χ1) is 14.5. The van der Waals surface area contributed by atoms with Gasteiger partial charge in [0, 0.05) is 12.1 Å². The van der Waals surface area contributed by atoms with E-state index in [1.165, 1.54) is 29.2 Å². The first kappa shape index (κ1) is 19.6. The molecule has 1 N–H and O–H groups in total. The minimum atomic E-state index is -1.04. The van der Waals surface area contributed by atoms with E-state index in [2.05, 4.69) is 0 Å². The van der Waals surface area contributed by atoms with Gasteiger partial charge < -0.3 is 14.4 Å². The molecule has 1 unspecified atom stereocenters. The highest BCUT2D eigenvalue weighted by Crippen LogP contribution is 2.40. The molecule has 0 fully saturated rings. The summed E-state index contributed by atoms with van der Waals surface area (Å²) in [7, 11) is 0. The van der Waals surface area contributed by atoms with Gasteiger partial charge in [0.25, 0.3) is 5.91 Å². The van der Waals surface area contributed by atoms with Crippen LogP contribution in [0.25, 0.3) is 0 Å². The average molecular weight is 405 g/mol. The number of nitrogens with zero attached hydrogens (tertiary/aromatic N) is 1. The number of amides is 1. The maximum absolute atomic E-state index is 14.7. The van der Waals surface area contributed by atoms with Gasteiger partial charge in [-0.1, -0.05) is 48.5 Å². The van der Waals surface area contributed by atoms with Gasteiger partial charge in [-0.3, -0.25) is 9.59 Å². The van der Waals surface area contributed by atoms with Crippen LogP contribution in [0.15, 0.2) is 82.5 Å². The molecule has 6 heteroatoms. The fourth-order valence-electron chi connectivity index (χ4n) is 3.72. The Balaban J connectivity index is 1.74. The van der Waals surface area contributed by atoms with Gasteiger partial charge in [-0.15, -0.1) is 0 Å². The molecule has 3 aromatic rings. The molecule has 2 heterocycles. The third-order valence-electron chi connectivity index (χ3n) is 5.20. The van der Waals surface area contributed by atoms with E-state index in [1.54, 1.807) is 19.1 Å². The molecule has 1 atom stereocenters. The van der Waals surface area contributed by atoms with E-state index in [-0.39, 0.29) is 23.4 Å². The highest BCUT2D eigenvalue weighted by Gasteiger charge is 2.45. The summed E-state index contributed by atoms with van der Waals surface area (Å²) < 4.78 is 20.1. The van der Waals surface area contributed by atoms with Crippen molar-refractivity contribution in [3.8, 4) is 0 Å². The summed E-state index contributed by atoms with van der Waals surface area (Å²) in [6, 6.07) is 17.5. The van der Waals surface area contributed by atoms with Gasteiger partial charge >= 0.3 is 0 Å². The number of carbonyl (C=O) groups is 2. The van der Waals surface area contributed by atoms with Crippen LogP contribution in [0.1, 0.15) is 33.5 Å². The third kappa shape index (κ3) is 3.52. The fraction of sp³-hybridized carbons (Fsp3) is 0.167. The Morgan fingerprint density at radius 3 is 2.43 bits per heavy atom. The second kappa shape index (κ2) is 7.99. The normalized spacial score (nSPS) is 16.4. The molecule has 5 nitrogen and oxygen atoms in total. The van der Waals surface area contributed by atoms with E-state index in [4.69, 9.17) is 4.42 Å². The molecule has 1 aliphatic rings. The van der Waals surface area contributed by atoms with Gasteiger partial charge in [-0.05, 0) is 37.1 Å². The average Bonchev–Trinajstić information content (AvgIpc) is 3.29.